The average Bonchev–Trinajstić information content (AvgIpc) is 2.65. The Balaban J connectivity index is 1.72. The van der Waals surface area contributed by atoms with Gasteiger partial charge in [-0.1, -0.05) is 13.8 Å². The number of nitro groups is 1. The fourth-order valence-corrected chi connectivity index (χ4v) is 3.90. The first-order valence-corrected chi connectivity index (χ1v) is 9.45. The number of carbonyl (C=O) groups excluding carboxylic acids is 1. The van der Waals surface area contributed by atoms with Gasteiger partial charge in [0.1, 0.15) is 5.69 Å². The van der Waals surface area contributed by atoms with Gasteiger partial charge >= 0.3 is 0 Å². The van der Waals surface area contributed by atoms with Crippen molar-refractivity contribution in [3.05, 3.63) is 33.9 Å². The predicted molar refractivity (Wildman–Crippen MR) is 101 cm³/mol. The van der Waals surface area contributed by atoms with E-state index in [0.717, 1.165) is 19.5 Å². The highest BCUT2D eigenvalue weighted by atomic mass is 16.6. The van der Waals surface area contributed by atoms with Crippen molar-refractivity contribution in [2.24, 2.45) is 11.8 Å². The van der Waals surface area contributed by atoms with Crippen LogP contribution in [0.15, 0.2) is 18.2 Å². The number of carbonyl (C=O) groups is 1. The molecule has 8 nitrogen and oxygen atoms in total. The summed E-state index contributed by atoms with van der Waals surface area (Å²) in [6.07, 6.45) is 0.936. The van der Waals surface area contributed by atoms with Crippen molar-refractivity contribution in [2.75, 3.05) is 44.4 Å². The second kappa shape index (κ2) is 8.67. The summed E-state index contributed by atoms with van der Waals surface area (Å²) in [5.41, 5.74) is 0.834. The maximum atomic E-state index is 12.4. The summed E-state index contributed by atoms with van der Waals surface area (Å²) in [5, 5.41) is 14.4. The smallest absolute Gasteiger partial charge is 0.293 e. The first-order chi connectivity index (χ1) is 12.9. The molecule has 2 aliphatic heterocycles. The second-order valence-corrected chi connectivity index (χ2v) is 7.59. The highest BCUT2D eigenvalue weighted by Gasteiger charge is 2.28. The van der Waals surface area contributed by atoms with Crippen LogP contribution >= 0.6 is 0 Å². The Hall–Kier alpha value is -2.19. The number of nitro benzene ring substituents is 1. The van der Waals surface area contributed by atoms with Crippen LogP contribution in [-0.4, -0.2) is 56.4 Å². The predicted octanol–water partition coefficient (Wildman–Crippen LogP) is 2.22. The molecule has 3 atom stereocenters. The van der Waals surface area contributed by atoms with Crippen LogP contribution in [-0.2, 0) is 9.47 Å². The quantitative estimate of drug-likeness (QED) is 0.625. The number of hydrogen-bond acceptors (Lipinski definition) is 6. The van der Waals surface area contributed by atoms with E-state index in [1.807, 2.05) is 0 Å². The maximum Gasteiger partial charge on any atom is 0.293 e. The van der Waals surface area contributed by atoms with Crippen LogP contribution in [0.3, 0.4) is 0 Å². The molecule has 0 bridgehead atoms. The lowest BCUT2D eigenvalue weighted by molar-refractivity contribution is -0.384. The number of piperidine rings is 1. The number of hydrogen-bond donors (Lipinski definition) is 1. The molecular formula is C19H27N3O5. The minimum absolute atomic E-state index is 0.0267. The Morgan fingerprint density at radius 1 is 1.30 bits per heavy atom. The normalized spacial score (nSPS) is 25.9. The first kappa shape index (κ1) is 19.6. The summed E-state index contributed by atoms with van der Waals surface area (Å²) in [6.45, 7) is 7.71. The Bertz CT molecular complexity index is 680. The molecule has 148 valence electrons. The molecule has 2 fully saturated rings. The van der Waals surface area contributed by atoms with E-state index in [1.54, 1.807) is 12.1 Å². The van der Waals surface area contributed by atoms with E-state index in [-0.39, 0.29) is 23.3 Å². The van der Waals surface area contributed by atoms with Gasteiger partial charge in [-0.25, -0.2) is 0 Å². The molecule has 2 heterocycles. The van der Waals surface area contributed by atoms with Crippen LogP contribution in [0.2, 0.25) is 0 Å². The monoisotopic (exact) mass is 377 g/mol. The Labute approximate surface area is 159 Å². The van der Waals surface area contributed by atoms with Gasteiger partial charge in [0.15, 0.2) is 0 Å². The number of nitrogens with zero attached hydrogens (tertiary/aromatic N) is 2. The molecule has 1 N–H and O–H groups in total. The van der Waals surface area contributed by atoms with Crippen LogP contribution in [0, 0.1) is 22.0 Å². The van der Waals surface area contributed by atoms with E-state index in [4.69, 9.17) is 9.47 Å². The van der Waals surface area contributed by atoms with Crippen molar-refractivity contribution in [3.8, 4) is 0 Å². The Kier molecular flexibility index (Phi) is 6.28. The lowest BCUT2D eigenvalue weighted by Crippen LogP contribution is -2.40. The molecule has 1 amide bonds. The molecule has 1 aromatic carbocycles. The number of rotatable bonds is 5. The minimum atomic E-state index is -0.409. The van der Waals surface area contributed by atoms with Gasteiger partial charge < -0.3 is 19.7 Å². The average molecular weight is 377 g/mol. The standard InChI is InChI=1S/C19H27N3O5/c1-13-7-14(2)11-21(10-13)17-4-3-15(8-18(17)22(24)25)19(23)20-9-16-12-26-5-6-27-16/h3-4,8,13-14,16H,5-7,9-12H2,1-2H3,(H,20,23)/t13-,14+,16-/m0/s1. The largest absolute Gasteiger partial charge is 0.376 e. The van der Waals surface area contributed by atoms with E-state index in [2.05, 4.69) is 24.1 Å². The molecule has 0 unspecified atom stereocenters. The second-order valence-electron chi connectivity index (χ2n) is 7.59. The van der Waals surface area contributed by atoms with Crippen molar-refractivity contribution in [2.45, 2.75) is 26.4 Å². The van der Waals surface area contributed by atoms with Gasteiger partial charge in [-0.05, 0) is 30.4 Å². The van der Waals surface area contributed by atoms with Gasteiger partial charge in [0, 0.05) is 31.3 Å². The fourth-order valence-electron chi connectivity index (χ4n) is 3.90. The van der Waals surface area contributed by atoms with Gasteiger partial charge in [0.05, 0.1) is 30.8 Å². The number of nitrogens with one attached hydrogen (secondary N) is 1. The van der Waals surface area contributed by atoms with Gasteiger partial charge in [0.2, 0.25) is 0 Å². The van der Waals surface area contributed by atoms with Crippen LogP contribution in [0.25, 0.3) is 0 Å². The van der Waals surface area contributed by atoms with E-state index in [1.165, 1.54) is 6.07 Å². The third-order valence-electron chi connectivity index (χ3n) is 5.02. The molecule has 27 heavy (non-hydrogen) atoms. The summed E-state index contributed by atoms with van der Waals surface area (Å²) < 4.78 is 10.8. The zero-order valence-corrected chi connectivity index (χ0v) is 15.8. The summed E-state index contributed by atoms with van der Waals surface area (Å²) in [7, 11) is 0. The van der Waals surface area contributed by atoms with Crippen LogP contribution in [0.1, 0.15) is 30.6 Å². The van der Waals surface area contributed by atoms with Crippen LogP contribution < -0.4 is 10.2 Å². The molecule has 0 spiro atoms. The van der Waals surface area contributed by atoms with E-state index >= 15 is 0 Å². The lowest BCUT2D eigenvalue weighted by Gasteiger charge is -2.36. The lowest BCUT2D eigenvalue weighted by atomic mass is 9.91. The highest BCUT2D eigenvalue weighted by molar-refractivity contribution is 5.95. The molecule has 1 aromatic rings. The third-order valence-corrected chi connectivity index (χ3v) is 5.02. The van der Waals surface area contributed by atoms with Gasteiger partial charge in [-0.2, -0.15) is 0 Å². The van der Waals surface area contributed by atoms with E-state index < -0.39 is 4.92 Å². The Morgan fingerprint density at radius 3 is 2.67 bits per heavy atom. The van der Waals surface area contributed by atoms with E-state index in [9.17, 15) is 14.9 Å². The molecule has 3 rings (SSSR count). The molecule has 0 aromatic heterocycles. The summed E-state index contributed by atoms with van der Waals surface area (Å²) >= 11 is 0. The zero-order chi connectivity index (χ0) is 19.4. The molecule has 0 radical (unpaired) electrons. The third kappa shape index (κ3) is 4.95. The number of anilines is 1. The van der Waals surface area contributed by atoms with Crippen LogP contribution in [0.5, 0.6) is 0 Å². The molecular weight excluding hydrogens is 350 g/mol. The first-order valence-electron chi connectivity index (χ1n) is 9.45. The van der Waals surface area contributed by atoms with Crippen molar-refractivity contribution in [1.29, 1.82) is 0 Å². The highest BCUT2D eigenvalue weighted by Crippen LogP contribution is 2.33. The maximum absolute atomic E-state index is 12.4. The fraction of sp³-hybridized carbons (Fsp3) is 0.632. The zero-order valence-electron chi connectivity index (χ0n) is 15.8. The van der Waals surface area contributed by atoms with Crippen molar-refractivity contribution in [3.63, 3.8) is 0 Å². The number of benzene rings is 1. The topological polar surface area (TPSA) is 93.9 Å². The van der Waals surface area contributed by atoms with Crippen molar-refractivity contribution < 1.29 is 19.2 Å². The SMILES string of the molecule is C[C@@H]1C[C@H](C)CN(c2ccc(C(=O)NC[C@H]3COCCO3)cc2[N+](=O)[O-])C1. The summed E-state index contributed by atoms with van der Waals surface area (Å²) in [5.74, 6) is 0.613. The van der Waals surface area contributed by atoms with E-state index in [0.29, 0.717) is 43.9 Å². The summed E-state index contributed by atoms with van der Waals surface area (Å²) in [4.78, 5) is 25.7. The van der Waals surface area contributed by atoms with Crippen molar-refractivity contribution in [1.82, 2.24) is 5.32 Å². The van der Waals surface area contributed by atoms with Crippen molar-refractivity contribution >= 4 is 17.3 Å². The molecule has 0 saturated carbocycles. The van der Waals surface area contributed by atoms with Gasteiger partial charge in [0.25, 0.3) is 11.6 Å². The molecule has 2 aliphatic rings. The van der Waals surface area contributed by atoms with Crippen LogP contribution in [0.4, 0.5) is 11.4 Å². The molecule has 0 aliphatic carbocycles. The number of ether oxygens (including phenoxy) is 2. The number of amides is 1. The molecule has 2 saturated heterocycles. The Morgan fingerprint density at radius 2 is 2.04 bits per heavy atom. The van der Waals surface area contributed by atoms with Gasteiger partial charge in [-0.3, -0.25) is 14.9 Å². The summed E-state index contributed by atoms with van der Waals surface area (Å²) in [6, 6.07) is 4.71. The van der Waals surface area contributed by atoms with Gasteiger partial charge in [-0.15, -0.1) is 0 Å². The minimum Gasteiger partial charge on any atom is -0.376 e. The molecule has 8 heteroatoms.